The van der Waals surface area contributed by atoms with Gasteiger partial charge in [0.1, 0.15) is 5.69 Å². The average molecular weight is 234 g/mol. The third kappa shape index (κ3) is 2.89. The summed E-state index contributed by atoms with van der Waals surface area (Å²) in [6.45, 7) is -1.03. The minimum absolute atomic E-state index is 0.0434. The number of nitrogens with one attached hydrogen (secondary N) is 1. The number of aromatic nitrogens is 2. The summed E-state index contributed by atoms with van der Waals surface area (Å²) in [6.07, 6.45) is -1.53. The van der Waals surface area contributed by atoms with Gasteiger partial charge in [-0.1, -0.05) is 0 Å². The summed E-state index contributed by atoms with van der Waals surface area (Å²) in [5.41, 5.74) is 4.58. The molecule has 90 valence electrons. The van der Waals surface area contributed by atoms with Gasteiger partial charge in [-0.15, -0.1) is 0 Å². The fraction of sp³-hybridized carbons (Fsp3) is 0.500. The van der Waals surface area contributed by atoms with Crippen molar-refractivity contribution < 1.29 is 13.9 Å². The molecule has 0 unspecified atom stereocenters. The number of rotatable bonds is 5. The summed E-state index contributed by atoms with van der Waals surface area (Å²) >= 11 is 0. The normalized spacial score (nSPS) is 10.8. The third-order valence-electron chi connectivity index (χ3n) is 1.90. The van der Waals surface area contributed by atoms with Gasteiger partial charge in [0, 0.05) is 6.54 Å². The summed E-state index contributed by atoms with van der Waals surface area (Å²) in [7, 11) is 0. The molecule has 0 radical (unpaired) electrons. The van der Waals surface area contributed by atoms with Crippen LogP contribution in [0, 0.1) is 0 Å². The molecule has 6 nitrogen and oxygen atoms in total. The molecule has 1 aromatic heterocycles. The molecule has 0 fully saturated rings. The fourth-order valence-corrected chi connectivity index (χ4v) is 1.22. The predicted molar refractivity (Wildman–Crippen MR) is 54.6 cm³/mol. The number of nitrogens with zero attached hydrogens (tertiary/aromatic N) is 2. The quantitative estimate of drug-likeness (QED) is 0.633. The first kappa shape index (κ1) is 12.4. The molecule has 0 bridgehead atoms. The Labute approximate surface area is 89.7 Å². The van der Waals surface area contributed by atoms with Crippen molar-refractivity contribution in [1.29, 1.82) is 0 Å². The zero-order valence-electron chi connectivity index (χ0n) is 8.36. The van der Waals surface area contributed by atoms with Crippen LogP contribution in [0.5, 0.6) is 0 Å². The molecule has 1 rings (SSSR count). The van der Waals surface area contributed by atoms with Gasteiger partial charge in [0.25, 0.3) is 12.0 Å². The molecule has 16 heavy (non-hydrogen) atoms. The van der Waals surface area contributed by atoms with Crippen molar-refractivity contribution in [2.24, 2.45) is 0 Å². The van der Waals surface area contributed by atoms with Crippen LogP contribution in [-0.4, -0.2) is 41.2 Å². The first-order valence-corrected chi connectivity index (χ1v) is 4.53. The number of halogens is 2. The molecule has 0 aromatic carbocycles. The number of aliphatic hydroxyl groups is 1. The largest absolute Gasteiger partial charge is 0.395 e. The summed E-state index contributed by atoms with van der Waals surface area (Å²) in [6, 6.07) is 0. The summed E-state index contributed by atoms with van der Waals surface area (Å²) in [4.78, 5) is 18.1. The monoisotopic (exact) mass is 234 g/mol. The van der Waals surface area contributed by atoms with E-state index in [0.717, 1.165) is 11.2 Å². The van der Waals surface area contributed by atoms with Crippen LogP contribution in [0.15, 0.2) is 11.1 Å². The Hall–Kier alpha value is -1.70. The van der Waals surface area contributed by atoms with Gasteiger partial charge in [-0.05, 0) is 0 Å². The topological polar surface area (TPSA) is 95.2 Å². The van der Waals surface area contributed by atoms with Crippen LogP contribution in [-0.2, 0) is 0 Å². The highest BCUT2D eigenvalue weighted by molar-refractivity contribution is 5.60. The highest BCUT2D eigenvalue weighted by Crippen LogP contribution is 2.15. The molecule has 0 aliphatic carbocycles. The van der Waals surface area contributed by atoms with Gasteiger partial charge >= 0.3 is 0 Å². The van der Waals surface area contributed by atoms with Crippen molar-refractivity contribution in [3.8, 4) is 0 Å². The van der Waals surface area contributed by atoms with Gasteiger partial charge in [0.15, 0.2) is 5.82 Å². The van der Waals surface area contributed by atoms with Gasteiger partial charge in [-0.3, -0.25) is 4.79 Å². The van der Waals surface area contributed by atoms with E-state index in [4.69, 9.17) is 10.8 Å². The average Bonchev–Trinajstić information content (AvgIpc) is 2.21. The number of nitrogens with two attached hydrogens (primary N) is 1. The van der Waals surface area contributed by atoms with Crippen LogP contribution >= 0.6 is 0 Å². The molecule has 0 aliphatic rings. The van der Waals surface area contributed by atoms with E-state index < -0.39 is 18.5 Å². The van der Waals surface area contributed by atoms with Gasteiger partial charge in [0.05, 0.1) is 19.5 Å². The second-order valence-electron chi connectivity index (χ2n) is 3.03. The number of alkyl halides is 2. The maximum atomic E-state index is 12.2. The lowest BCUT2D eigenvalue weighted by atomic mass is 10.4. The van der Waals surface area contributed by atoms with E-state index >= 15 is 0 Å². The molecular weight excluding hydrogens is 222 g/mol. The zero-order chi connectivity index (χ0) is 12.1. The number of nitrogen functional groups attached to an aromatic ring is 1. The Morgan fingerprint density at radius 2 is 2.31 bits per heavy atom. The predicted octanol–water partition coefficient (Wildman–Crippen LogP) is -0.584. The van der Waals surface area contributed by atoms with Crippen molar-refractivity contribution in [2.45, 2.75) is 6.43 Å². The highest BCUT2D eigenvalue weighted by Gasteiger charge is 2.17. The molecule has 0 spiro atoms. The number of hydrogen-bond acceptors (Lipinski definition) is 5. The van der Waals surface area contributed by atoms with Gasteiger partial charge < -0.3 is 20.7 Å². The lowest BCUT2D eigenvalue weighted by molar-refractivity contribution is 0.152. The van der Waals surface area contributed by atoms with E-state index in [1.165, 1.54) is 0 Å². The lowest BCUT2D eigenvalue weighted by Crippen LogP contribution is -2.34. The Bertz CT molecular complexity index is 396. The van der Waals surface area contributed by atoms with Crippen molar-refractivity contribution in [3.63, 3.8) is 0 Å². The number of hydrogen-bond donors (Lipinski definition) is 3. The highest BCUT2D eigenvalue weighted by atomic mass is 19.3. The summed E-state index contributed by atoms with van der Waals surface area (Å²) in [5.74, 6) is -0.0434. The van der Waals surface area contributed by atoms with Crippen molar-refractivity contribution in [1.82, 2.24) is 9.97 Å². The van der Waals surface area contributed by atoms with Crippen LogP contribution in [0.25, 0.3) is 0 Å². The molecule has 1 heterocycles. The lowest BCUT2D eigenvalue weighted by Gasteiger charge is -2.22. The Balaban J connectivity index is 3.00. The van der Waals surface area contributed by atoms with Crippen LogP contribution in [0.3, 0.4) is 0 Å². The number of aliphatic hydroxyl groups excluding tert-OH is 1. The maximum absolute atomic E-state index is 12.2. The van der Waals surface area contributed by atoms with Gasteiger partial charge in [-0.2, -0.15) is 0 Å². The number of anilines is 2. The van der Waals surface area contributed by atoms with Gasteiger partial charge in [0.2, 0.25) is 0 Å². The van der Waals surface area contributed by atoms with Crippen molar-refractivity contribution >= 4 is 11.5 Å². The number of H-pyrrole nitrogens is 1. The Morgan fingerprint density at radius 1 is 1.62 bits per heavy atom. The van der Waals surface area contributed by atoms with Crippen LogP contribution in [0.4, 0.5) is 20.3 Å². The Morgan fingerprint density at radius 3 is 2.88 bits per heavy atom. The molecule has 4 N–H and O–H groups in total. The van der Waals surface area contributed by atoms with E-state index in [2.05, 4.69) is 9.97 Å². The SMILES string of the molecule is Nc1c(N(CCO)CC(F)F)nc[nH]c1=O. The van der Waals surface area contributed by atoms with E-state index in [0.29, 0.717) is 0 Å². The molecule has 8 heteroatoms. The molecule has 0 amide bonds. The minimum atomic E-state index is -2.60. The van der Waals surface area contributed by atoms with Crippen LogP contribution < -0.4 is 16.2 Å². The summed E-state index contributed by atoms with van der Waals surface area (Å²) < 4.78 is 24.5. The zero-order valence-corrected chi connectivity index (χ0v) is 8.36. The first-order chi connectivity index (χ1) is 7.56. The second kappa shape index (κ2) is 5.40. The minimum Gasteiger partial charge on any atom is -0.395 e. The van der Waals surface area contributed by atoms with E-state index in [1.54, 1.807) is 0 Å². The van der Waals surface area contributed by atoms with E-state index in [9.17, 15) is 13.6 Å². The van der Waals surface area contributed by atoms with Crippen LogP contribution in [0.1, 0.15) is 0 Å². The van der Waals surface area contributed by atoms with E-state index in [-0.39, 0.29) is 24.7 Å². The number of aromatic amines is 1. The summed E-state index contributed by atoms with van der Waals surface area (Å²) in [5, 5.41) is 8.73. The molecule has 1 aromatic rings. The molecule has 0 saturated carbocycles. The third-order valence-corrected chi connectivity index (χ3v) is 1.90. The first-order valence-electron chi connectivity index (χ1n) is 4.53. The molecule has 0 saturated heterocycles. The molecule has 0 atom stereocenters. The van der Waals surface area contributed by atoms with Gasteiger partial charge in [-0.25, -0.2) is 13.8 Å². The van der Waals surface area contributed by atoms with Crippen molar-refractivity contribution in [2.75, 3.05) is 30.3 Å². The second-order valence-corrected chi connectivity index (χ2v) is 3.03. The Kier molecular flexibility index (Phi) is 4.18. The van der Waals surface area contributed by atoms with E-state index in [1.807, 2.05) is 0 Å². The van der Waals surface area contributed by atoms with Crippen LogP contribution in [0.2, 0.25) is 0 Å². The standard InChI is InChI=1S/C8H12F2N4O2/c9-5(10)3-14(1-2-15)7-6(11)8(16)13-4-12-7/h4-5,15H,1-3,11H2,(H,12,13,16). The fourth-order valence-electron chi connectivity index (χ4n) is 1.22. The molecule has 0 aliphatic heterocycles. The molecular formula is C8H12F2N4O2. The van der Waals surface area contributed by atoms with Crippen molar-refractivity contribution in [3.05, 3.63) is 16.7 Å². The maximum Gasteiger partial charge on any atom is 0.276 e. The smallest absolute Gasteiger partial charge is 0.276 e.